The van der Waals surface area contributed by atoms with Crippen LogP contribution in [0.3, 0.4) is 0 Å². The number of hydrogen-bond acceptors (Lipinski definition) is 3. The molecular weight excluding hydrogens is 299 g/mol. The lowest BCUT2D eigenvalue weighted by atomic mass is 10.1. The van der Waals surface area contributed by atoms with Gasteiger partial charge in [-0.1, -0.05) is 24.4 Å². The van der Waals surface area contributed by atoms with Crippen LogP contribution in [0.4, 0.5) is 4.39 Å². The second kappa shape index (κ2) is 5.81. The van der Waals surface area contributed by atoms with Crippen molar-refractivity contribution in [2.75, 3.05) is 0 Å². The number of benzene rings is 1. The number of aromatic nitrogens is 3. The molecule has 2 N–H and O–H groups in total. The van der Waals surface area contributed by atoms with Crippen LogP contribution in [0.1, 0.15) is 17.0 Å². The number of nitrogens with two attached hydrogens (primary N) is 1. The Balaban J connectivity index is 2.06. The van der Waals surface area contributed by atoms with Crippen LogP contribution >= 0.6 is 12.2 Å². The zero-order valence-corrected chi connectivity index (χ0v) is 12.9. The summed E-state index contributed by atoms with van der Waals surface area (Å²) in [6.45, 7) is 2.36. The standard InChI is InChI=1S/C16H15FN4S/c1-10-6-13-16(19-8-10)21(9-14(18)22)15(20-13)7-11-2-4-12(17)5-3-11/h2-6,8H,7,9H2,1H3,(H2,18,22). The minimum Gasteiger partial charge on any atom is -0.392 e. The number of halogens is 1. The summed E-state index contributed by atoms with van der Waals surface area (Å²) >= 11 is 5.03. The molecule has 0 spiro atoms. The summed E-state index contributed by atoms with van der Waals surface area (Å²) < 4.78 is 14.9. The van der Waals surface area contributed by atoms with Crippen molar-refractivity contribution >= 4 is 28.4 Å². The first-order chi connectivity index (χ1) is 10.5. The topological polar surface area (TPSA) is 56.7 Å². The number of nitrogens with zero attached hydrogens (tertiary/aromatic N) is 3. The highest BCUT2D eigenvalue weighted by Gasteiger charge is 2.13. The molecule has 0 atom stereocenters. The van der Waals surface area contributed by atoms with Gasteiger partial charge < -0.3 is 10.3 Å². The molecule has 0 fully saturated rings. The van der Waals surface area contributed by atoms with Crippen molar-refractivity contribution in [3.05, 3.63) is 59.3 Å². The summed E-state index contributed by atoms with van der Waals surface area (Å²) in [5.41, 5.74) is 9.28. The predicted octanol–water partition coefficient (Wildman–Crippen LogP) is 2.76. The average molecular weight is 314 g/mol. The third-order valence-electron chi connectivity index (χ3n) is 3.39. The summed E-state index contributed by atoms with van der Waals surface area (Å²) in [6, 6.07) is 8.36. The molecule has 0 amide bonds. The van der Waals surface area contributed by atoms with E-state index in [1.54, 1.807) is 18.3 Å². The largest absolute Gasteiger partial charge is 0.392 e. The summed E-state index contributed by atoms with van der Waals surface area (Å²) in [5, 5.41) is 0. The summed E-state index contributed by atoms with van der Waals surface area (Å²) in [4.78, 5) is 9.45. The van der Waals surface area contributed by atoms with Gasteiger partial charge in [0.2, 0.25) is 0 Å². The Morgan fingerprint density at radius 3 is 2.73 bits per heavy atom. The molecule has 3 rings (SSSR count). The van der Waals surface area contributed by atoms with Gasteiger partial charge in [-0.05, 0) is 36.2 Å². The van der Waals surface area contributed by atoms with Crippen molar-refractivity contribution in [2.24, 2.45) is 5.73 Å². The number of rotatable bonds is 4. The van der Waals surface area contributed by atoms with Crippen molar-refractivity contribution in [3.63, 3.8) is 0 Å². The van der Waals surface area contributed by atoms with Crippen molar-refractivity contribution in [2.45, 2.75) is 19.9 Å². The highest BCUT2D eigenvalue weighted by Crippen LogP contribution is 2.18. The van der Waals surface area contributed by atoms with Crippen LogP contribution in [0.5, 0.6) is 0 Å². The van der Waals surface area contributed by atoms with E-state index in [4.69, 9.17) is 18.0 Å². The molecule has 6 heteroatoms. The number of imidazole rings is 1. The molecule has 2 aromatic heterocycles. The quantitative estimate of drug-likeness (QED) is 0.752. The van der Waals surface area contributed by atoms with E-state index < -0.39 is 0 Å². The average Bonchev–Trinajstić information content (AvgIpc) is 2.78. The first-order valence-electron chi connectivity index (χ1n) is 6.87. The van der Waals surface area contributed by atoms with E-state index in [0.717, 1.165) is 28.1 Å². The van der Waals surface area contributed by atoms with Gasteiger partial charge in [0.1, 0.15) is 17.2 Å². The normalized spacial score (nSPS) is 11.0. The van der Waals surface area contributed by atoms with Gasteiger partial charge in [-0.15, -0.1) is 0 Å². The SMILES string of the molecule is Cc1cnc2c(c1)nc(Cc1ccc(F)cc1)n2CC(N)=S. The second-order valence-corrected chi connectivity index (χ2v) is 5.76. The molecule has 0 aliphatic heterocycles. The van der Waals surface area contributed by atoms with E-state index in [2.05, 4.69) is 9.97 Å². The maximum Gasteiger partial charge on any atom is 0.160 e. The van der Waals surface area contributed by atoms with E-state index >= 15 is 0 Å². The maximum absolute atomic E-state index is 13.0. The van der Waals surface area contributed by atoms with E-state index in [1.807, 2.05) is 17.6 Å². The van der Waals surface area contributed by atoms with Crippen LogP contribution < -0.4 is 5.73 Å². The molecule has 2 heterocycles. The van der Waals surface area contributed by atoms with Crippen LogP contribution in [0.25, 0.3) is 11.2 Å². The fourth-order valence-corrected chi connectivity index (χ4v) is 2.53. The van der Waals surface area contributed by atoms with Crippen molar-refractivity contribution in [1.29, 1.82) is 0 Å². The molecule has 0 saturated carbocycles. The minimum absolute atomic E-state index is 0.252. The number of thiocarbonyl (C=S) groups is 1. The monoisotopic (exact) mass is 314 g/mol. The fourth-order valence-electron chi connectivity index (χ4n) is 2.40. The Labute approximate surface area is 132 Å². The van der Waals surface area contributed by atoms with Crippen molar-refractivity contribution < 1.29 is 4.39 Å². The summed E-state index contributed by atoms with van der Waals surface area (Å²) in [5.74, 6) is 0.560. The third-order valence-corrected chi connectivity index (χ3v) is 3.52. The minimum atomic E-state index is -0.252. The first kappa shape index (κ1) is 14.6. The van der Waals surface area contributed by atoms with E-state index in [-0.39, 0.29) is 5.82 Å². The molecule has 22 heavy (non-hydrogen) atoms. The smallest absolute Gasteiger partial charge is 0.160 e. The molecule has 0 saturated heterocycles. The van der Waals surface area contributed by atoms with Gasteiger partial charge in [-0.2, -0.15) is 0 Å². The second-order valence-electron chi connectivity index (χ2n) is 5.24. The maximum atomic E-state index is 13.0. The molecule has 0 aliphatic rings. The molecule has 3 aromatic rings. The first-order valence-corrected chi connectivity index (χ1v) is 7.28. The fraction of sp³-hybridized carbons (Fsp3) is 0.188. The van der Waals surface area contributed by atoms with Gasteiger partial charge in [0.25, 0.3) is 0 Å². The lowest BCUT2D eigenvalue weighted by molar-refractivity contribution is 0.627. The lowest BCUT2D eigenvalue weighted by Gasteiger charge is -2.07. The predicted molar refractivity (Wildman–Crippen MR) is 88.3 cm³/mol. The molecule has 4 nitrogen and oxygen atoms in total. The Morgan fingerprint density at radius 2 is 2.05 bits per heavy atom. The van der Waals surface area contributed by atoms with E-state index in [9.17, 15) is 4.39 Å². The molecule has 0 unspecified atom stereocenters. The van der Waals surface area contributed by atoms with Gasteiger partial charge >= 0.3 is 0 Å². The highest BCUT2D eigenvalue weighted by atomic mass is 32.1. The molecule has 0 radical (unpaired) electrons. The summed E-state index contributed by atoms with van der Waals surface area (Å²) in [6.07, 6.45) is 2.36. The van der Waals surface area contributed by atoms with Gasteiger partial charge in [0, 0.05) is 12.6 Å². The third kappa shape index (κ3) is 2.96. The molecular formula is C16H15FN4S. The van der Waals surface area contributed by atoms with Gasteiger partial charge in [0.05, 0.1) is 11.5 Å². The van der Waals surface area contributed by atoms with Crippen LogP contribution in [0.15, 0.2) is 36.5 Å². The van der Waals surface area contributed by atoms with Gasteiger partial charge in [0.15, 0.2) is 5.65 Å². The van der Waals surface area contributed by atoms with Gasteiger partial charge in [-0.25, -0.2) is 14.4 Å². The van der Waals surface area contributed by atoms with Crippen molar-refractivity contribution in [1.82, 2.24) is 14.5 Å². The van der Waals surface area contributed by atoms with E-state index in [0.29, 0.717) is 18.0 Å². The molecule has 112 valence electrons. The zero-order chi connectivity index (χ0) is 15.7. The Bertz CT molecular complexity index is 839. The molecule has 0 bridgehead atoms. The Morgan fingerprint density at radius 1 is 1.32 bits per heavy atom. The summed E-state index contributed by atoms with van der Waals surface area (Å²) in [7, 11) is 0. The number of pyridine rings is 1. The van der Waals surface area contributed by atoms with Crippen LogP contribution in [0, 0.1) is 12.7 Å². The van der Waals surface area contributed by atoms with Gasteiger partial charge in [-0.3, -0.25) is 0 Å². The Hall–Kier alpha value is -2.34. The molecule has 0 aliphatic carbocycles. The van der Waals surface area contributed by atoms with E-state index in [1.165, 1.54) is 12.1 Å². The number of hydrogen-bond donors (Lipinski definition) is 1. The van der Waals surface area contributed by atoms with Crippen LogP contribution in [-0.4, -0.2) is 19.5 Å². The van der Waals surface area contributed by atoms with Crippen molar-refractivity contribution in [3.8, 4) is 0 Å². The lowest BCUT2D eigenvalue weighted by Crippen LogP contribution is -2.18. The number of fused-ring (bicyclic) bond motifs is 1. The van der Waals surface area contributed by atoms with Crippen LogP contribution in [0.2, 0.25) is 0 Å². The van der Waals surface area contributed by atoms with Crippen LogP contribution in [-0.2, 0) is 13.0 Å². The molecule has 1 aromatic carbocycles. The number of aryl methyl sites for hydroxylation is 1. The zero-order valence-electron chi connectivity index (χ0n) is 12.1. The highest BCUT2D eigenvalue weighted by molar-refractivity contribution is 7.80. The Kier molecular flexibility index (Phi) is 3.85.